The monoisotopic (exact) mass is 283 g/mol. The molecule has 1 heterocycles. The predicted octanol–water partition coefficient (Wildman–Crippen LogP) is 3.59. The standard InChI is InChI=1S/C10H9Cl2F2NO2/c1-2-17-10(16)5-3-6(9(13)14)15-7(4-11)8(5)12/h3,9H,2,4H2,1H3. The van der Waals surface area contributed by atoms with Gasteiger partial charge in [0.15, 0.2) is 0 Å². The maximum atomic E-state index is 12.5. The Hall–Kier alpha value is -0.940. The van der Waals surface area contributed by atoms with Gasteiger partial charge < -0.3 is 4.74 Å². The fourth-order valence-electron chi connectivity index (χ4n) is 1.16. The van der Waals surface area contributed by atoms with Crippen LogP contribution in [0.3, 0.4) is 0 Å². The molecular weight excluding hydrogens is 275 g/mol. The summed E-state index contributed by atoms with van der Waals surface area (Å²) < 4.78 is 29.8. The second-order valence-corrected chi connectivity index (χ2v) is 3.66. The molecule has 0 aromatic carbocycles. The van der Waals surface area contributed by atoms with Crippen LogP contribution in [0.25, 0.3) is 0 Å². The van der Waals surface area contributed by atoms with Crippen molar-refractivity contribution in [3.05, 3.63) is 28.0 Å². The van der Waals surface area contributed by atoms with Crippen LogP contribution >= 0.6 is 23.2 Å². The fraction of sp³-hybridized carbons (Fsp3) is 0.400. The number of pyridine rings is 1. The smallest absolute Gasteiger partial charge is 0.339 e. The Balaban J connectivity index is 3.27. The first kappa shape index (κ1) is 14.1. The molecule has 0 atom stereocenters. The van der Waals surface area contributed by atoms with Crippen molar-refractivity contribution in [2.24, 2.45) is 0 Å². The van der Waals surface area contributed by atoms with Crippen LogP contribution in [0, 0.1) is 0 Å². The van der Waals surface area contributed by atoms with Crippen molar-refractivity contribution in [1.29, 1.82) is 0 Å². The van der Waals surface area contributed by atoms with Gasteiger partial charge in [-0.3, -0.25) is 0 Å². The molecular formula is C10H9Cl2F2NO2. The summed E-state index contributed by atoms with van der Waals surface area (Å²) in [4.78, 5) is 15.1. The molecule has 0 aliphatic carbocycles. The first-order valence-corrected chi connectivity index (χ1v) is 5.63. The maximum absolute atomic E-state index is 12.5. The fourth-order valence-corrected chi connectivity index (χ4v) is 1.66. The van der Waals surface area contributed by atoms with Crippen LogP contribution < -0.4 is 0 Å². The molecule has 1 aromatic rings. The van der Waals surface area contributed by atoms with E-state index in [-0.39, 0.29) is 28.8 Å². The molecule has 94 valence electrons. The number of carbonyl (C=O) groups excluding carboxylic acids is 1. The summed E-state index contributed by atoms with van der Waals surface area (Å²) in [6.07, 6.45) is -2.80. The minimum Gasteiger partial charge on any atom is -0.462 e. The van der Waals surface area contributed by atoms with Crippen molar-refractivity contribution in [3.8, 4) is 0 Å². The van der Waals surface area contributed by atoms with Gasteiger partial charge >= 0.3 is 5.97 Å². The van der Waals surface area contributed by atoms with E-state index in [1.165, 1.54) is 0 Å². The average molecular weight is 284 g/mol. The van der Waals surface area contributed by atoms with Crippen LogP contribution in [0.15, 0.2) is 6.07 Å². The molecule has 0 radical (unpaired) electrons. The summed E-state index contributed by atoms with van der Waals surface area (Å²) in [6, 6.07) is 0.918. The normalized spacial score (nSPS) is 10.7. The molecule has 3 nitrogen and oxygen atoms in total. The molecule has 1 aromatic heterocycles. The lowest BCUT2D eigenvalue weighted by Crippen LogP contribution is -2.09. The third-order valence-corrected chi connectivity index (χ3v) is 2.57. The van der Waals surface area contributed by atoms with Crippen LogP contribution in [0.2, 0.25) is 5.02 Å². The molecule has 0 aliphatic heterocycles. The molecule has 0 bridgehead atoms. The molecule has 7 heteroatoms. The summed E-state index contributed by atoms with van der Waals surface area (Å²) in [5.74, 6) is -0.931. The summed E-state index contributed by atoms with van der Waals surface area (Å²) in [6.45, 7) is 1.72. The van der Waals surface area contributed by atoms with Crippen LogP contribution in [-0.4, -0.2) is 17.6 Å². The van der Waals surface area contributed by atoms with E-state index >= 15 is 0 Å². The van der Waals surface area contributed by atoms with Crippen LogP contribution in [0.4, 0.5) is 8.78 Å². The molecule has 0 unspecified atom stereocenters. The number of ether oxygens (including phenoxy) is 1. The van der Waals surface area contributed by atoms with Crippen molar-refractivity contribution < 1.29 is 18.3 Å². The van der Waals surface area contributed by atoms with Gasteiger partial charge in [-0.1, -0.05) is 11.6 Å². The number of halogens is 4. The maximum Gasteiger partial charge on any atom is 0.339 e. The quantitative estimate of drug-likeness (QED) is 0.626. The number of aromatic nitrogens is 1. The van der Waals surface area contributed by atoms with Gasteiger partial charge in [0.25, 0.3) is 6.43 Å². The van der Waals surface area contributed by atoms with E-state index in [4.69, 9.17) is 27.9 Å². The Kier molecular flexibility index (Phi) is 5.08. The number of alkyl halides is 3. The van der Waals surface area contributed by atoms with E-state index in [0.717, 1.165) is 6.07 Å². The van der Waals surface area contributed by atoms with E-state index in [0.29, 0.717) is 0 Å². The van der Waals surface area contributed by atoms with Crippen LogP contribution in [0.5, 0.6) is 0 Å². The van der Waals surface area contributed by atoms with Gasteiger partial charge in [0.1, 0.15) is 5.69 Å². The lowest BCUT2D eigenvalue weighted by Gasteiger charge is -2.09. The van der Waals surface area contributed by atoms with Crippen molar-refractivity contribution in [2.45, 2.75) is 19.2 Å². The molecule has 0 aliphatic rings. The molecule has 0 saturated heterocycles. The highest BCUT2D eigenvalue weighted by atomic mass is 35.5. The van der Waals surface area contributed by atoms with Crippen molar-refractivity contribution in [1.82, 2.24) is 4.98 Å². The highest BCUT2D eigenvalue weighted by molar-refractivity contribution is 6.34. The lowest BCUT2D eigenvalue weighted by molar-refractivity contribution is 0.0525. The summed E-state index contributed by atoms with van der Waals surface area (Å²) in [7, 11) is 0. The zero-order valence-corrected chi connectivity index (χ0v) is 10.4. The third-order valence-electron chi connectivity index (χ3n) is 1.89. The summed E-state index contributed by atoms with van der Waals surface area (Å²) in [5.41, 5.74) is -0.656. The van der Waals surface area contributed by atoms with E-state index in [9.17, 15) is 13.6 Å². The van der Waals surface area contributed by atoms with E-state index in [2.05, 4.69) is 4.98 Å². The number of rotatable bonds is 4. The molecule has 0 N–H and O–H groups in total. The highest BCUT2D eigenvalue weighted by Gasteiger charge is 2.20. The van der Waals surface area contributed by atoms with Crippen molar-refractivity contribution >= 4 is 29.2 Å². The highest BCUT2D eigenvalue weighted by Crippen LogP contribution is 2.27. The number of hydrogen-bond donors (Lipinski definition) is 0. The zero-order valence-electron chi connectivity index (χ0n) is 8.84. The van der Waals surface area contributed by atoms with Crippen LogP contribution in [-0.2, 0) is 10.6 Å². The summed E-state index contributed by atoms with van der Waals surface area (Å²) in [5, 5.41) is -0.0529. The Labute approximate surface area is 107 Å². The largest absolute Gasteiger partial charge is 0.462 e. The van der Waals surface area contributed by atoms with Crippen molar-refractivity contribution in [2.75, 3.05) is 6.61 Å². The topological polar surface area (TPSA) is 39.2 Å². The number of nitrogens with zero attached hydrogens (tertiary/aromatic N) is 1. The van der Waals surface area contributed by atoms with Gasteiger partial charge in [-0.15, -0.1) is 11.6 Å². The molecule has 0 fully saturated rings. The Bertz CT molecular complexity index is 427. The minimum atomic E-state index is -2.80. The molecule has 1 rings (SSSR count). The molecule has 17 heavy (non-hydrogen) atoms. The van der Waals surface area contributed by atoms with Gasteiger partial charge in [0, 0.05) is 0 Å². The Morgan fingerprint density at radius 2 is 2.24 bits per heavy atom. The van der Waals surface area contributed by atoms with E-state index < -0.39 is 18.1 Å². The van der Waals surface area contributed by atoms with E-state index in [1.807, 2.05) is 0 Å². The molecule has 0 spiro atoms. The predicted molar refractivity (Wildman–Crippen MR) is 59.7 cm³/mol. The SMILES string of the molecule is CCOC(=O)c1cc(C(F)F)nc(CCl)c1Cl. The first-order chi connectivity index (χ1) is 8.01. The van der Waals surface area contributed by atoms with Gasteiger partial charge in [-0.05, 0) is 13.0 Å². The van der Waals surface area contributed by atoms with Crippen molar-refractivity contribution in [3.63, 3.8) is 0 Å². The summed E-state index contributed by atoms with van der Waals surface area (Å²) >= 11 is 11.3. The van der Waals surface area contributed by atoms with Gasteiger partial charge in [0.05, 0.1) is 28.8 Å². The van der Waals surface area contributed by atoms with Crippen LogP contribution in [0.1, 0.15) is 35.1 Å². The first-order valence-electron chi connectivity index (χ1n) is 4.71. The Morgan fingerprint density at radius 3 is 2.71 bits per heavy atom. The second-order valence-electron chi connectivity index (χ2n) is 3.01. The average Bonchev–Trinajstić information content (AvgIpc) is 2.29. The molecule has 0 saturated carbocycles. The van der Waals surface area contributed by atoms with Gasteiger partial charge in [-0.2, -0.15) is 0 Å². The zero-order chi connectivity index (χ0) is 13.0. The third kappa shape index (κ3) is 3.26. The van der Waals surface area contributed by atoms with Gasteiger partial charge in [0.2, 0.25) is 0 Å². The lowest BCUT2D eigenvalue weighted by atomic mass is 10.2. The number of hydrogen-bond acceptors (Lipinski definition) is 3. The molecule has 0 amide bonds. The number of esters is 1. The van der Waals surface area contributed by atoms with E-state index in [1.54, 1.807) is 6.92 Å². The second kappa shape index (κ2) is 6.12. The number of carbonyl (C=O) groups is 1. The Morgan fingerprint density at radius 1 is 1.59 bits per heavy atom. The van der Waals surface area contributed by atoms with Gasteiger partial charge in [-0.25, -0.2) is 18.6 Å². The minimum absolute atomic E-state index is 0.0363.